The fourth-order valence-electron chi connectivity index (χ4n) is 13.1. The average molecular weight is 1250 g/mol. The lowest BCUT2D eigenvalue weighted by Crippen LogP contribution is -2.60. The van der Waals surface area contributed by atoms with Crippen LogP contribution in [0.1, 0.15) is 406 Å². The maximum absolute atomic E-state index is 13.3. The summed E-state index contributed by atoms with van der Waals surface area (Å²) >= 11 is 0. The highest BCUT2D eigenvalue weighted by Gasteiger charge is 2.44. The predicted octanol–water partition coefficient (Wildman–Crippen LogP) is 19.8. The summed E-state index contributed by atoms with van der Waals surface area (Å²) in [6, 6.07) is -1.17. The van der Waals surface area contributed by atoms with Crippen molar-refractivity contribution in [3.8, 4) is 0 Å². The summed E-state index contributed by atoms with van der Waals surface area (Å²) in [5, 5.41) is 76.7. The fraction of sp³-hybridized carbons (Fsp3) is 0.961. The quantitative estimate of drug-likeness (QED) is 0.0215. The van der Waals surface area contributed by atoms with Crippen LogP contribution < -0.4 is 5.32 Å². The Labute approximate surface area is 544 Å². The van der Waals surface area contributed by atoms with Crippen molar-refractivity contribution in [1.82, 2.24) is 5.32 Å². The van der Waals surface area contributed by atoms with Gasteiger partial charge >= 0.3 is 0 Å². The molecule has 9 atom stereocenters. The van der Waals surface area contributed by atoms with Gasteiger partial charge in [0.15, 0.2) is 6.29 Å². The number of allylic oxidation sites excluding steroid dienone is 2. The molecule has 0 bridgehead atoms. The van der Waals surface area contributed by atoms with Crippen molar-refractivity contribution < 1.29 is 50.0 Å². The highest BCUT2D eigenvalue weighted by molar-refractivity contribution is 5.80. The van der Waals surface area contributed by atoms with Gasteiger partial charge < -0.3 is 50.5 Å². The molecule has 1 rings (SSSR count). The molecule has 11 nitrogen and oxygen atoms in total. The van der Waals surface area contributed by atoms with Crippen molar-refractivity contribution in [3.05, 3.63) is 12.2 Å². The van der Waals surface area contributed by atoms with Crippen LogP contribution in [0, 0.1) is 0 Å². The zero-order chi connectivity index (χ0) is 63.9. The third-order valence-corrected chi connectivity index (χ3v) is 19.3. The molecule has 1 heterocycles. The molecule has 8 N–H and O–H groups in total. The van der Waals surface area contributed by atoms with E-state index in [0.29, 0.717) is 19.3 Å². The van der Waals surface area contributed by atoms with E-state index >= 15 is 0 Å². The molecule has 0 aromatic carbocycles. The molecule has 0 aromatic rings. The van der Waals surface area contributed by atoms with Gasteiger partial charge in [0.05, 0.1) is 25.4 Å². The molecule has 9 unspecified atom stereocenters. The first-order valence-corrected chi connectivity index (χ1v) is 39.1. The number of hydrogen-bond acceptors (Lipinski definition) is 10. The van der Waals surface area contributed by atoms with Gasteiger partial charge in [-0.25, -0.2) is 0 Å². The predicted molar refractivity (Wildman–Crippen MR) is 372 cm³/mol. The topological polar surface area (TPSA) is 189 Å². The fourth-order valence-corrected chi connectivity index (χ4v) is 13.1. The lowest BCUT2D eigenvalue weighted by atomic mass is 9.98. The number of rotatable bonds is 70. The van der Waals surface area contributed by atoms with Gasteiger partial charge in [-0.2, -0.15) is 0 Å². The second-order valence-electron chi connectivity index (χ2n) is 27.8. The molecular weight excluding hydrogens is 1100 g/mol. The van der Waals surface area contributed by atoms with Gasteiger partial charge in [0.25, 0.3) is 0 Å². The Hall–Kier alpha value is -1.15. The summed E-state index contributed by atoms with van der Waals surface area (Å²) in [5.41, 5.74) is 0. The minimum absolute atomic E-state index is 0.264. The van der Waals surface area contributed by atoms with E-state index in [-0.39, 0.29) is 6.42 Å². The lowest BCUT2D eigenvalue weighted by molar-refractivity contribution is -0.303. The van der Waals surface area contributed by atoms with Crippen LogP contribution in [-0.2, 0) is 14.3 Å². The van der Waals surface area contributed by atoms with E-state index in [9.17, 15) is 40.5 Å². The second-order valence-corrected chi connectivity index (χ2v) is 27.8. The number of carbonyl (C=O) groups excluding carboxylic acids is 1. The van der Waals surface area contributed by atoms with E-state index in [0.717, 1.165) is 38.5 Å². The van der Waals surface area contributed by atoms with Crippen molar-refractivity contribution in [2.45, 2.75) is 461 Å². The van der Waals surface area contributed by atoms with Crippen molar-refractivity contribution >= 4 is 5.91 Å². The normalized spacial score (nSPS) is 18.6. The van der Waals surface area contributed by atoms with Gasteiger partial charge in [-0.3, -0.25) is 4.79 Å². The number of unbranched alkanes of at least 4 members (excludes halogenated alkanes) is 56. The average Bonchev–Trinajstić information content (AvgIpc) is 3.73. The molecule has 1 amide bonds. The summed E-state index contributed by atoms with van der Waals surface area (Å²) in [7, 11) is 0. The van der Waals surface area contributed by atoms with E-state index in [1.807, 2.05) is 0 Å². The molecule has 11 heteroatoms. The molecule has 1 fully saturated rings. The number of hydrogen-bond donors (Lipinski definition) is 8. The molecule has 0 radical (unpaired) electrons. The Morgan fingerprint density at radius 1 is 0.386 bits per heavy atom. The Bertz CT molecular complexity index is 1440. The second kappa shape index (κ2) is 65.9. The van der Waals surface area contributed by atoms with E-state index < -0.39 is 74.2 Å². The van der Waals surface area contributed by atoms with Gasteiger partial charge in [0.1, 0.15) is 36.6 Å². The van der Waals surface area contributed by atoms with E-state index in [1.165, 1.54) is 327 Å². The zero-order valence-electron chi connectivity index (χ0n) is 58.3. The minimum atomic E-state index is -1.66. The number of amides is 1. The highest BCUT2D eigenvalue weighted by Crippen LogP contribution is 2.24. The molecule has 1 aliphatic heterocycles. The number of carbonyl (C=O) groups is 1. The van der Waals surface area contributed by atoms with Crippen LogP contribution in [0.3, 0.4) is 0 Å². The number of ether oxygens (including phenoxy) is 2. The van der Waals surface area contributed by atoms with E-state index in [1.54, 1.807) is 0 Å². The molecule has 1 aliphatic rings. The minimum Gasteiger partial charge on any atom is -0.394 e. The summed E-state index contributed by atoms with van der Waals surface area (Å²) in [5.74, 6) is -0.688. The molecule has 1 saturated heterocycles. The monoisotopic (exact) mass is 1250 g/mol. The van der Waals surface area contributed by atoms with Crippen molar-refractivity contribution in [1.29, 1.82) is 0 Å². The molecule has 0 aliphatic carbocycles. The van der Waals surface area contributed by atoms with Gasteiger partial charge in [-0.05, 0) is 38.5 Å². The molecular formula is C77H151NO10. The largest absolute Gasteiger partial charge is 0.394 e. The molecule has 0 saturated carbocycles. The number of aliphatic hydroxyl groups is 7. The first-order valence-electron chi connectivity index (χ1n) is 39.1. The van der Waals surface area contributed by atoms with Crippen LogP contribution in [0.15, 0.2) is 12.2 Å². The molecule has 0 spiro atoms. The van der Waals surface area contributed by atoms with E-state index in [2.05, 4.69) is 31.3 Å². The van der Waals surface area contributed by atoms with Crippen LogP contribution in [-0.4, -0.2) is 110 Å². The first kappa shape index (κ1) is 84.9. The van der Waals surface area contributed by atoms with Gasteiger partial charge in [0.2, 0.25) is 5.91 Å². The first-order chi connectivity index (χ1) is 43.2. The molecule has 524 valence electrons. The summed E-state index contributed by atoms with van der Waals surface area (Å²) in [6.07, 6.45) is 71.7. The van der Waals surface area contributed by atoms with Crippen molar-refractivity contribution in [2.24, 2.45) is 0 Å². The maximum Gasteiger partial charge on any atom is 0.249 e. The molecule has 0 aromatic heterocycles. The Balaban J connectivity index is 2.14. The van der Waals surface area contributed by atoms with Gasteiger partial charge in [-0.15, -0.1) is 0 Å². The van der Waals surface area contributed by atoms with Gasteiger partial charge in [-0.1, -0.05) is 379 Å². The Kier molecular flexibility index (Phi) is 63.5. The zero-order valence-corrected chi connectivity index (χ0v) is 58.3. The van der Waals surface area contributed by atoms with Crippen LogP contribution in [0.2, 0.25) is 0 Å². The Morgan fingerprint density at radius 2 is 0.659 bits per heavy atom. The SMILES string of the molecule is CCCCCCCCCCCCCC/C=C\CCCCCCCCCCCCCCCC(O)C(=O)NC(COC1OC(CO)C(O)C(O)C1O)C(O)C(O)CCCCCCCCCCCCCCCCCCCCCCCCCCCCCCCCCC. The van der Waals surface area contributed by atoms with Crippen molar-refractivity contribution in [2.75, 3.05) is 13.2 Å². The standard InChI is InChI=1S/C77H151NO10/c1-3-5-7-9-11-13-15-17-19-21-23-25-27-29-31-33-34-35-37-38-40-42-44-46-48-50-52-54-56-58-60-62-64-69(80)72(82)68(67-87-77-75(85)74(84)73(83)71(66-79)88-77)78-76(86)70(81)65-63-61-59-57-55-53-51-49-47-45-43-41-39-36-32-30-28-26-24-22-20-18-16-14-12-10-8-6-4-2/h30,32,68-75,77,79-85H,3-29,31,33-67H2,1-2H3,(H,78,86)/b32-30-. The molecule has 88 heavy (non-hydrogen) atoms. The third kappa shape index (κ3) is 52.3. The van der Waals surface area contributed by atoms with Crippen LogP contribution >= 0.6 is 0 Å². The number of nitrogens with one attached hydrogen (secondary N) is 1. The lowest BCUT2D eigenvalue weighted by Gasteiger charge is -2.40. The third-order valence-electron chi connectivity index (χ3n) is 19.3. The van der Waals surface area contributed by atoms with Crippen LogP contribution in [0.25, 0.3) is 0 Å². The summed E-state index contributed by atoms with van der Waals surface area (Å²) < 4.78 is 11.2. The summed E-state index contributed by atoms with van der Waals surface area (Å²) in [6.45, 7) is 3.54. The highest BCUT2D eigenvalue weighted by atomic mass is 16.7. The summed E-state index contributed by atoms with van der Waals surface area (Å²) in [4.78, 5) is 13.3. The van der Waals surface area contributed by atoms with Crippen LogP contribution in [0.4, 0.5) is 0 Å². The van der Waals surface area contributed by atoms with Crippen LogP contribution in [0.5, 0.6) is 0 Å². The smallest absolute Gasteiger partial charge is 0.249 e. The van der Waals surface area contributed by atoms with Gasteiger partial charge in [0, 0.05) is 0 Å². The number of aliphatic hydroxyl groups excluding tert-OH is 7. The maximum atomic E-state index is 13.3. The Morgan fingerprint density at radius 3 is 0.955 bits per heavy atom. The van der Waals surface area contributed by atoms with Crippen molar-refractivity contribution in [3.63, 3.8) is 0 Å². The van der Waals surface area contributed by atoms with E-state index in [4.69, 9.17) is 9.47 Å².